The molecule has 1 fully saturated rings. The average molecular weight is 165 g/mol. The molecular formula is C10H15NO. The second-order valence-corrected chi connectivity index (χ2v) is 3.90. The van der Waals surface area contributed by atoms with Crippen molar-refractivity contribution in [1.29, 1.82) is 0 Å². The summed E-state index contributed by atoms with van der Waals surface area (Å²) in [5.74, 6) is 2.14. The first-order chi connectivity index (χ1) is 5.71. The molecule has 0 bridgehead atoms. The summed E-state index contributed by atoms with van der Waals surface area (Å²) in [4.78, 5) is 0. The van der Waals surface area contributed by atoms with E-state index in [-0.39, 0.29) is 5.41 Å². The van der Waals surface area contributed by atoms with Gasteiger partial charge < -0.3 is 9.73 Å². The van der Waals surface area contributed by atoms with Crippen molar-refractivity contribution in [2.75, 3.05) is 13.1 Å². The molecule has 1 aliphatic heterocycles. The summed E-state index contributed by atoms with van der Waals surface area (Å²) >= 11 is 0. The molecule has 1 aromatic heterocycles. The van der Waals surface area contributed by atoms with Crippen molar-refractivity contribution < 1.29 is 4.42 Å². The Morgan fingerprint density at radius 1 is 1.50 bits per heavy atom. The summed E-state index contributed by atoms with van der Waals surface area (Å²) in [7, 11) is 0. The van der Waals surface area contributed by atoms with Crippen LogP contribution in [-0.2, 0) is 5.41 Å². The number of hydrogen-bond donors (Lipinski definition) is 1. The quantitative estimate of drug-likeness (QED) is 0.687. The molecule has 0 aliphatic carbocycles. The molecule has 12 heavy (non-hydrogen) atoms. The molecule has 66 valence electrons. The lowest BCUT2D eigenvalue weighted by Crippen LogP contribution is -2.24. The molecule has 2 heteroatoms. The van der Waals surface area contributed by atoms with Gasteiger partial charge in [0.1, 0.15) is 11.5 Å². The van der Waals surface area contributed by atoms with E-state index < -0.39 is 0 Å². The fourth-order valence-corrected chi connectivity index (χ4v) is 1.79. The molecule has 1 unspecified atom stereocenters. The van der Waals surface area contributed by atoms with Gasteiger partial charge in [-0.05, 0) is 32.0 Å². The number of aryl methyl sites for hydroxylation is 1. The van der Waals surface area contributed by atoms with Crippen molar-refractivity contribution in [3.05, 3.63) is 23.7 Å². The van der Waals surface area contributed by atoms with E-state index in [2.05, 4.69) is 18.3 Å². The van der Waals surface area contributed by atoms with Crippen LogP contribution in [0.25, 0.3) is 0 Å². The maximum atomic E-state index is 5.63. The van der Waals surface area contributed by atoms with Crippen LogP contribution >= 0.6 is 0 Å². The molecule has 1 saturated heterocycles. The summed E-state index contributed by atoms with van der Waals surface area (Å²) in [6.45, 7) is 6.40. The molecule has 0 amide bonds. The van der Waals surface area contributed by atoms with Gasteiger partial charge in [-0.1, -0.05) is 6.92 Å². The highest BCUT2D eigenvalue weighted by atomic mass is 16.3. The SMILES string of the molecule is Cc1ccc(C2(C)CCNC2)o1. The molecule has 1 aromatic rings. The van der Waals surface area contributed by atoms with Crippen molar-refractivity contribution in [2.24, 2.45) is 0 Å². The van der Waals surface area contributed by atoms with Gasteiger partial charge in [-0.2, -0.15) is 0 Å². The number of nitrogens with one attached hydrogen (secondary N) is 1. The Hall–Kier alpha value is -0.760. The molecule has 0 spiro atoms. The first-order valence-electron chi connectivity index (χ1n) is 4.48. The van der Waals surface area contributed by atoms with Gasteiger partial charge in [0.25, 0.3) is 0 Å². The molecule has 2 heterocycles. The van der Waals surface area contributed by atoms with Crippen molar-refractivity contribution in [2.45, 2.75) is 25.7 Å². The normalized spacial score (nSPS) is 29.5. The molecule has 0 saturated carbocycles. The second-order valence-electron chi connectivity index (χ2n) is 3.90. The van der Waals surface area contributed by atoms with Crippen LogP contribution in [0.1, 0.15) is 24.9 Å². The summed E-state index contributed by atoms with van der Waals surface area (Å²) < 4.78 is 5.63. The van der Waals surface area contributed by atoms with E-state index in [1.807, 2.05) is 13.0 Å². The summed E-state index contributed by atoms with van der Waals surface area (Å²) in [5.41, 5.74) is 0.230. The predicted molar refractivity (Wildman–Crippen MR) is 48.3 cm³/mol. The lowest BCUT2D eigenvalue weighted by Gasteiger charge is -2.18. The zero-order chi connectivity index (χ0) is 8.60. The van der Waals surface area contributed by atoms with Gasteiger partial charge in [-0.25, -0.2) is 0 Å². The number of rotatable bonds is 1. The van der Waals surface area contributed by atoms with Gasteiger partial charge in [0, 0.05) is 12.0 Å². The standard InChI is InChI=1S/C10H15NO/c1-8-3-4-9(12-8)10(2)5-6-11-7-10/h3-4,11H,5-7H2,1-2H3. The van der Waals surface area contributed by atoms with E-state index in [0.29, 0.717) is 0 Å². The minimum Gasteiger partial charge on any atom is -0.466 e. The van der Waals surface area contributed by atoms with Gasteiger partial charge >= 0.3 is 0 Å². The lowest BCUT2D eigenvalue weighted by atomic mass is 9.87. The van der Waals surface area contributed by atoms with Crippen molar-refractivity contribution in [1.82, 2.24) is 5.32 Å². The van der Waals surface area contributed by atoms with Crippen LogP contribution in [0.2, 0.25) is 0 Å². The molecular weight excluding hydrogens is 150 g/mol. The first-order valence-corrected chi connectivity index (χ1v) is 4.48. The van der Waals surface area contributed by atoms with Gasteiger partial charge in [0.15, 0.2) is 0 Å². The Bertz CT molecular complexity index is 271. The summed E-state index contributed by atoms with van der Waals surface area (Å²) in [5, 5.41) is 3.36. The zero-order valence-corrected chi connectivity index (χ0v) is 7.68. The van der Waals surface area contributed by atoms with E-state index >= 15 is 0 Å². The Labute approximate surface area is 73.0 Å². The minimum atomic E-state index is 0.230. The van der Waals surface area contributed by atoms with Gasteiger partial charge in [0.2, 0.25) is 0 Å². The molecule has 1 atom stereocenters. The minimum absolute atomic E-state index is 0.230. The largest absolute Gasteiger partial charge is 0.466 e. The topological polar surface area (TPSA) is 25.2 Å². The Balaban J connectivity index is 2.28. The highest BCUT2D eigenvalue weighted by Gasteiger charge is 2.33. The first kappa shape index (κ1) is 7.87. The zero-order valence-electron chi connectivity index (χ0n) is 7.68. The highest BCUT2D eigenvalue weighted by molar-refractivity contribution is 5.18. The van der Waals surface area contributed by atoms with Crippen molar-refractivity contribution in [3.8, 4) is 0 Å². The molecule has 0 aromatic carbocycles. The third kappa shape index (κ3) is 1.16. The van der Waals surface area contributed by atoms with E-state index in [1.165, 1.54) is 6.42 Å². The van der Waals surface area contributed by atoms with Crippen molar-refractivity contribution in [3.63, 3.8) is 0 Å². The van der Waals surface area contributed by atoms with Crippen LogP contribution in [-0.4, -0.2) is 13.1 Å². The number of furan rings is 1. The van der Waals surface area contributed by atoms with Crippen LogP contribution in [0.5, 0.6) is 0 Å². The maximum Gasteiger partial charge on any atom is 0.111 e. The molecule has 1 N–H and O–H groups in total. The van der Waals surface area contributed by atoms with Crippen LogP contribution in [0.15, 0.2) is 16.5 Å². The maximum absolute atomic E-state index is 5.63. The second kappa shape index (κ2) is 2.63. The third-order valence-corrected chi connectivity index (χ3v) is 2.70. The third-order valence-electron chi connectivity index (χ3n) is 2.70. The Kier molecular flexibility index (Phi) is 1.72. The van der Waals surface area contributed by atoms with Crippen LogP contribution in [0.4, 0.5) is 0 Å². The Morgan fingerprint density at radius 3 is 2.83 bits per heavy atom. The van der Waals surface area contributed by atoms with E-state index in [0.717, 1.165) is 24.6 Å². The van der Waals surface area contributed by atoms with Gasteiger partial charge in [-0.15, -0.1) is 0 Å². The lowest BCUT2D eigenvalue weighted by molar-refractivity contribution is 0.372. The van der Waals surface area contributed by atoms with E-state index in [9.17, 15) is 0 Å². The fraction of sp³-hybridized carbons (Fsp3) is 0.600. The monoisotopic (exact) mass is 165 g/mol. The fourth-order valence-electron chi connectivity index (χ4n) is 1.79. The average Bonchev–Trinajstić information content (AvgIpc) is 2.59. The molecule has 2 rings (SSSR count). The van der Waals surface area contributed by atoms with Crippen molar-refractivity contribution >= 4 is 0 Å². The smallest absolute Gasteiger partial charge is 0.111 e. The summed E-state index contributed by atoms with van der Waals surface area (Å²) in [6.07, 6.45) is 1.18. The Morgan fingerprint density at radius 2 is 2.33 bits per heavy atom. The van der Waals surface area contributed by atoms with Gasteiger partial charge in [0.05, 0.1) is 0 Å². The molecule has 0 radical (unpaired) electrons. The van der Waals surface area contributed by atoms with Gasteiger partial charge in [-0.3, -0.25) is 0 Å². The highest BCUT2D eigenvalue weighted by Crippen LogP contribution is 2.30. The van der Waals surface area contributed by atoms with Crippen LogP contribution < -0.4 is 5.32 Å². The predicted octanol–water partition coefficient (Wildman–Crippen LogP) is 1.84. The molecule has 1 aliphatic rings. The molecule has 2 nitrogen and oxygen atoms in total. The van der Waals surface area contributed by atoms with E-state index in [1.54, 1.807) is 0 Å². The summed E-state index contributed by atoms with van der Waals surface area (Å²) in [6, 6.07) is 4.14. The van der Waals surface area contributed by atoms with Crippen LogP contribution in [0.3, 0.4) is 0 Å². The number of hydrogen-bond acceptors (Lipinski definition) is 2. The van der Waals surface area contributed by atoms with E-state index in [4.69, 9.17) is 4.42 Å². The van der Waals surface area contributed by atoms with Crippen LogP contribution in [0, 0.1) is 6.92 Å².